The zero-order chi connectivity index (χ0) is 20.2. The van der Waals surface area contributed by atoms with Crippen molar-refractivity contribution in [3.63, 3.8) is 0 Å². The molecule has 0 radical (unpaired) electrons. The molecular formula is C22H25FN4O2. The van der Waals surface area contributed by atoms with Gasteiger partial charge in [0, 0.05) is 25.3 Å². The zero-order valence-corrected chi connectivity index (χ0v) is 16.2. The summed E-state index contributed by atoms with van der Waals surface area (Å²) in [4.78, 5) is 26.9. The molecule has 4 rings (SSSR count). The SMILES string of the molecule is O=C(Nc1ccc2c(c1F)CCNC2)C1CCCN(C(=O)Nc2ccccc2)C1. The van der Waals surface area contributed by atoms with E-state index in [4.69, 9.17) is 0 Å². The predicted octanol–water partition coefficient (Wildman–Crippen LogP) is 3.35. The maximum absolute atomic E-state index is 14.8. The van der Waals surface area contributed by atoms with Crippen molar-refractivity contribution in [2.75, 3.05) is 30.3 Å². The molecule has 3 N–H and O–H groups in total. The molecule has 2 aromatic carbocycles. The van der Waals surface area contributed by atoms with E-state index in [0.29, 0.717) is 38.0 Å². The van der Waals surface area contributed by atoms with Gasteiger partial charge in [-0.25, -0.2) is 9.18 Å². The van der Waals surface area contributed by atoms with Gasteiger partial charge in [0.25, 0.3) is 0 Å². The van der Waals surface area contributed by atoms with Gasteiger partial charge in [0.1, 0.15) is 5.82 Å². The summed E-state index contributed by atoms with van der Waals surface area (Å²) in [6.45, 7) is 2.30. The highest BCUT2D eigenvalue weighted by Gasteiger charge is 2.29. The second-order valence-corrected chi connectivity index (χ2v) is 7.56. The van der Waals surface area contributed by atoms with E-state index in [-0.39, 0.29) is 29.4 Å². The molecule has 0 aliphatic carbocycles. The van der Waals surface area contributed by atoms with Crippen molar-refractivity contribution in [3.05, 3.63) is 59.4 Å². The highest BCUT2D eigenvalue weighted by molar-refractivity contribution is 5.94. The summed E-state index contributed by atoms with van der Waals surface area (Å²) in [6, 6.07) is 12.5. The Hall–Kier alpha value is -2.93. The van der Waals surface area contributed by atoms with E-state index < -0.39 is 0 Å². The first kappa shape index (κ1) is 19.4. The van der Waals surface area contributed by atoms with Gasteiger partial charge in [-0.15, -0.1) is 0 Å². The first-order valence-corrected chi connectivity index (χ1v) is 10.0. The summed E-state index contributed by atoms with van der Waals surface area (Å²) >= 11 is 0. The van der Waals surface area contributed by atoms with Gasteiger partial charge in [-0.05, 0) is 55.1 Å². The molecule has 2 aliphatic rings. The molecule has 29 heavy (non-hydrogen) atoms. The molecule has 0 saturated carbocycles. The fourth-order valence-corrected chi connectivity index (χ4v) is 3.96. The summed E-state index contributed by atoms with van der Waals surface area (Å²) in [5.74, 6) is -0.941. The number of rotatable bonds is 3. The van der Waals surface area contributed by atoms with Crippen LogP contribution in [0.2, 0.25) is 0 Å². The maximum atomic E-state index is 14.8. The normalized spacial score (nSPS) is 18.7. The number of nitrogens with one attached hydrogen (secondary N) is 3. The van der Waals surface area contributed by atoms with Crippen LogP contribution in [0, 0.1) is 11.7 Å². The predicted molar refractivity (Wildman–Crippen MR) is 110 cm³/mol. The number of amides is 3. The second kappa shape index (κ2) is 8.61. The number of benzene rings is 2. The van der Waals surface area contributed by atoms with Crippen LogP contribution >= 0.6 is 0 Å². The van der Waals surface area contributed by atoms with E-state index in [1.165, 1.54) is 0 Å². The second-order valence-electron chi connectivity index (χ2n) is 7.56. The Morgan fingerprint density at radius 2 is 1.93 bits per heavy atom. The van der Waals surface area contributed by atoms with Gasteiger partial charge in [-0.2, -0.15) is 0 Å². The van der Waals surface area contributed by atoms with Gasteiger partial charge in [0.2, 0.25) is 5.91 Å². The average Bonchev–Trinajstić information content (AvgIpc) is 2.76. The summed E-state index contributed by atoms with van der Waals surface area (Å²) in [7, 11) is 0. The highest BCUT2D eigenvalue weighted by Crippen LogP contribution is 2.26. The van der Waals surface area contributed by atoms with Crippen molar-refractivity contribution in [1.29, 1.82) is 0 Å². The van der Waals surface area contributed by atoms with Crippen LogP contribution in [0.25, 0.3) is 0 Å². The van der Waals surface area contributed by atoms with E-state index in [9.17, 15) is 14.0 Å². The third kappa shape index (κ3) is 4.40. The largest absolute Gasteiger partial charge is 0.324 e. The maximum Gasteiger partial charge on any atom is 0.321 e. The first-order chi connectivity index (χ1) is 14.1. The molecule has 6 nitrogen and oxygen atoms in total. The fraction of sp³-hybridized carbons (Fsp3) is 0.364. The number of anilines is 2. The van der Waals surface area contributed by atoms with Gasteiger partial charge in [0.05, 0.1) is 11.6 Å². The van der Waals surface area contributed by atoms with Gasteiger partial charge in [-0.3, -0.25) is 4.79 Å². The van der Waals surface area contributed by atoms with Crippen LogP contribution in [0.4, 0.5) is 20.6 Å². The molecule has 152 valence electrons. The highest BCUT2D eigenvalue weighted by atomic mass is 19.1. The number of hydrogen-bond donors (Lipinski definition) is 3. The lowest BCUT2D eigenvalue weighted by molar-refractivity contribution is -0.121. The van der Waals surface area contributed by atoms with Gasteiger partial charge < -0.3 is 20.9 Å². The third-order valence-corrected chi connectivity index (χ3v) is 5.57. The van der Waals surface area contributed by atoms with Crippen LogP contribution in [-0.2, 0) is 17.8 Å². The average molecular weight is 396 g/mol. The van der Waals surface area contributed by atoms with Crippen LogP contribution in [0.5, 0.6) is 0 Å². The molecule has 1 saturated heterocycles. The van der Waals surface area contributed by atoms with Gasteiger partial charge >= 0.3 is 6.03 Å². The molecule has 0 aromatic heterocycles. The van der Waals surface area contributed by atoms with Crippen molar-refractivity contribution in [1.82, 2.24) is 10.2 Å². The number of piperidine rings is 1. The lowest BCUT2D eigenvalue weighted by Crippen LogP contribution is -2.45. The van der Waals surface area contributed by atoms with Crippen LogP contribution in [0.15, 0.2) is 42.5 Å². The standard InChI is InChI=1S/C22H25FN4O2/c23-20-18-10-11-24-13-15(18)8-9-19(20)26-21(28)16-5-4-12-27(14-16)22(29)25-17-6-2-1-3-7-17/h1-3,6-9,16,24H,4-5,10-14H2,(H,25,29)(H,26,28). The van der Waals surface area contributed by atoms with Crippen LogP contribution in [-0.4, -0.2) is 36.5 Å². The van der Waals surface area contributed by atoms with E-state index in [1.54, 1.807) is 11.0 Å². The fourth-order valence-electron chi connectivity index (χ4n) is 3.96. The molecule has 1 atom stereocenters. The number of fused-ring (bicyclic) bond motifs is 1. The summed E-state index contributed by atoms with van der Waals surface area (Å²) < 4.78 is 14.8. The van der Waals surface area contributed by atoms with Crippen LogP contribution in [0.1, 0.15) is 24.0 Å². The Labute approximate surface area is 169 Å². The summed E-state index contributed by atoms with van der Waals surface area (Å²) in [5, 5.41) is 8.82. The minimum Gasteiger partial charge on any atom is -0.324 e. The Balaban J connectivity index is 1.39. The topological polar surface area (TPSA) is 73.5 Å². The number of nitrogens with zero attached hydrogens (tertiary/aromatic N) is 1. The van der Waals surface area contributed by atoms with Crippen LogP contribution < -0.4 is 16.0 Å². The van der Waals surface area contributed by atoms with Crippen molar-refractivity contribution >= 4 is 23.3 Å². The molecule has 1 unspecified atom stereocenters. The number of halogens is 1. The molecule has 0 bridgehead atoms. The molecule has 2 aliphatic heterocycles. The van der Waals surface area contributed by atoms with Crippen molar-refractivity contribution in [2.24, 2.45) is 5.92 Å². The Kier molecular flexibility index (Phi) is 5.76. The quantitative estimate of drug-likeness (QED) is 0.745. The smallest absolute Gasteiger partial charge is 0.321 e. The lowest BCUT2D eigenvalue weighted by atomic mass is 9.96. The molecule has 1 fully saturated rings. The number of carbonyl (C=O) groups excluding carboxylic acids is 2. The number of urea groups is 1. The van der Waals surface area contributed by atoms with E-state index in [2.05, 4.69) is 16.0 Å². The van der Waals surface area contributed by atoms with Crippen LogP contribution in [0.3, 0.4) is 0 Å². The summed E-state index contributed by atoms with van der Waals surface area (Å²) in [5.41, 5.74) is 2.55. The molecule has 2 aromatic rings. The minimum absolute atomic E-state index is 0.221. The Bertz CT molecular complexity index is 903. The molecular weight excluding hydrogens is 371 g/mol. The molecule has 7 heteroatoms. The zero-order valence-electron chi connectivity index (χ0n) is 16.2. The number of carbonyl (C=O) groups is 2. The van der Waals surface area contributed by atoms with Crippen molar-refractivity contribution < 1.29 is 14.0 Å². The Morgan fingerprint density at radius 3 is 2.76 bits per heavy atom. The van der Waals surface area contributed by atoms with E-state index in [1.807, 2.05) is 36.4 Å². The monoisotopic (exact) mass is 396 g/mol. The molecule has 2 heterocycles. The molecule has 0 spiro atoms. The van der Waals surface area contributed by atoms with Crippen molar-refractivity contribution in [2.45, 2.75) is 25.8 Å². The van der Waals surface area contributed by atoms with E-state index >= 15 is 0 Å². The first-order valence-electron chi connectivity index (χ1n) is 10.0. The van der Waals surface area contributed by atoms with Crippen molar-refractivity contribution in [3.8, 4) is 0 Å². The van der Waals surface area contributed by atoms with E-state index in [0.717, 1.165) is 24.2 Å². The number of likely N-dealkylation sites (tertiary alicyclic amines) is 1. The summed E-state index contributed by atoms with van der Waals surface area (Å²) in [6.07, 6.45) is 2.03. The van der Waals surface area contributed by atoms with Gasteiger partial charge in [-0.1, -0.05) is 24.3 Å². The lowest BCUT2D eigenvalue weighted by Gasteiger charge is -2.32. The van der Waals surface area contributed by atoms with Gasteiger partial charge in [0.15, 0.2) is 0 Å². The number of hydrogen-bond acceptors (Lipinski definition) is 3. The molecule has 3 amide bonds. The Morgan fingerprint density at radius 1 is 1.10 bits per heavy atom. The minimum atomic E-state index is -0.359. The third-order valence-electron chi connectivity index (χ3n) is 5.57. The number of para-hydroxylation sites is 1.